The summed E-state index contributed by atoms with van der Waals surface area (Å²) in [5.41, 5.74) is 3.71. The second-order valence-corrected chi connectivity index (χ2v) is 3.83. The van der Waals surface area contributed by atoms with Crippen LogP contribution in [0.5, 0.6) is 0 Å². The average Bonchev–Trinajstić information content (AvgIpc) is 2.22. The van der Waals surface area contributed by atoms with Crippen molar-refractivity contribution in [3.63, 3.8) is 0 Å². The van der Waals surface area contributed by atoms with Gasteiger partial charge in [0, 0.05) is 6.92 Å². The zero-order valence-corrected chi connectivity index (χ0v) is 9.33. The Kier molecular flexibility index (Phi) is 5.95. The van der Waals surface area contributed by atoms with Gasteiger partial charge in [-0.05, 0) is 18.4 Å². The van der Waals surface area contributed by atoms with E-state index >= 15 is 0 Å². The van der Waals surface area contributed by atoms with Crippen LogP contribution in [0.4, 0.5) is 0 Å². The molecular weight excluding hydrogens is 222 g/mol. The van der Waals surface area contributed by atoms with Gasteiger partial charge in [0.15, 0.2) is 11.8 Å². The summed E-state index contributed by atoms with van der Waals surface area (Å²) in [4.78, 5) is 40.3. The van der Waals surface area contributed by atoms with Gasteiger partial charge in [0.1, 0.15) is 0 Å². The van der Waals surface area contributed by atoms with Gasteiger partial charge in [-0.25, -0.2) is 19.4 Å². The summed E-state index contributed by atoms with van der Waals surface area (Å²) in [6, 6.07) is 0. The number of hydrogen-bond acceptors (Lipinski definition) is 7. The zero-order valence-electron chi connectivity index (χ0n) is 8.52. The number of carbonyl (C=O) groups excluding carboxylic acids is 3. The molecule has 0 spiro atoms. The van der Waals surface area contributed by atoms with E-state index in [9.17, 15) is 14.4 Å². The minimum atomic E-state index is -1.75. The van der Waals surface area contributed by atoms with E-state index in [1.807, 2.05) is 6.26 Å². The molecule has 86 valence electrons. The normalized spacial score (nSPS) is 13.8. The van der Waals surface area contributed by atoms with Gasteiger partial charge in [0.2, 0.25) is 0 Å². The summed E-state index contributed by atoms with van der Waals surface area (Å²) >= 11 is 1.43. The highest BCUT2D eigenvalue weighted by Gasteiger charge is 2.36. The zero-order chi connectivity index (χ0) is 11.9. The third-order valence-corrected chi connectivity index (χ3v) is 2.16. The van der Waals surface area contributed by atoms with Gasteiger partial charge in [-0.15, -0.1) is 0 Å². The van der Waals surface area contributed by atoms with Crippen molar-refractivity contribution < 1.29 is 24.2 Å². The van der Waals surface area contributed by atoms with Crippen molar-refractivity contribution in [2.24, 2.45) is 5.73 Å². The van der Waals surface area contributed by atoms with Crippen molar-refractivity contribution >= 4 is 30.0 Å². The maximum Gasteiger partial charge on any atom is 0.382 e. The Morgan fingerprint density at radius 3 is 2.47 bits per heavy atom. The number of carbonyl (C=O) groups is 3. The Hall–Kier alpha value is -1.08. The Balaban J connectivity index is 4.30. The van der Waals surface area contributed by atoms with Gasteiger partial charge in [0.05, 0.1) is 0 Å². The van der Waals surface area contributed by atoms with Crippen LogP contribution in [0.2, 0.25) is 0 Å². The molecule has 0 aromatic rings. The molecule has 6 nitrogen and oxygen atoms in total. The topological polar surface area (TPSA) is 95.7 Å². The van der Waals surface area contributed by atoms with Crippen molar-refractivity contribution in [2.75, 3.05) is 12.0 Å². The molecule has 0 bridgehead atoms. The minimum Gasteiger partial charge on any atom is -0.310 e. The predicted octanol–water partition coefficient (Wildman–Crippen LogP) is -0.343. The van der Waals surface area contributed by atoms with Crippen molar-refractivity contribution in [1.29, 1.82) is 0 Å². The lowest BCUT2D eigenvalue weighted by Gasteiger charge is -2.18. The first-order valence-corrected chi connectivity index (χ1v) is 5.49. The molecule has 0 heterocycles. The summed E-state index contributed by atoms with van der Waals surface area (Å²) in [7, 11) is 0. The van der Waals surface area contributed by atoms with E-state index in [2.05, 4.69) is 9.78 Å². The van der Waals surface area contributed by atoms with Gasteiger partial charge >= 0.3 is 11.9 Å². The summed E-state index contributed by atoms with van der Waals surface area (Å²) in [5, 5.41) is 0. The average molecular weight is 235 g/mol. The van der Waals surface area contributed by atoms with E-state index in [4.69, 9.17) is 5.73 Å². The first kappa shape index (κ1) is 13.9. The Morgan fingerprint density at radius 2 is 2.07 bits per heavy atom. The molecule has 0 fully saturated rings. The van der Waals surface area contributed by atoms with Gasteiger partial charge in [0.25, 0.3) is 0 Å². The summed E-state index contributed by atoms with van der Waals surface area (Å²) < 4.78 is 0. The van der Waals surface area contributed by atoms with E-state index < -0.39 is 17.5 Å². The second-order valence-electron chi connectivity index (χ2n) is 2.85. The highest BCUT2D eigenvalue weighted by molar-refractivity contribution is 7.98. The molecule has 0 radical (unpaired) electrons. The van der Waals surface area contributed by atoms with Crippen LogP contribution in [0.25, 0.3) is 0 Å². The van der Waals surface area contributed by atoms with E-state index in [0.717, 1.165) is 6.92 Å². The van der Waals surface area contributed by atoms with Crippen LogP contribution in [0.3, 0.4) is 0 Å². The lowest BCUT2D eigenvalue weighted by Crippen LogP contribution is -2.51. The molecule has 7 heteroatoms. The number of thioether (sulfide) groups is 1. The maximum absolute atomic E-state index is 11.2. The van der Waals surface area contributed by atoms with E-state index in [1.165, 1.54) is 11.8 Å². The molecule has 0 aliphatic carbocycles. The first-order valence-electron chi connectivity index (χ1n) is 4.10. The summed E-state index contributed by atoms with van der Waals surface area (Å²) in [6.45, 7) is 1.06. The fourth-order valence-corrected chi connectivity index (χ4v) is 1.20. The molecule has 0 aliphatic rings. The molecule has 0 rings (SSSR count). The Bertz CT molecular complexity index is 257. The predicted molar refractivity (Wildman–Crippen MR) is 53.8 cm³/mol. The van der Waals surface area contributed by atoms with E-state index in [-0.39, 0.29) is 12.7 Å². The maximum atomic E-state index is 11.2. The lowest BCUT2D eigenvalue weighted by atomic mass is 10.0. The Labute approximate surface area is 91.4 Å². The van der Waals surface area contributed by atoms with Crippen LogP contribution in [0.1, 0.15) is 13.3 Å². The van der Waals surface area contributed by atoms with Crippen LogP contribution >= 0.6 is 11.8 Å². The Morgan fingerprint density at radius 1 is 1.47 bits per heavy atom. The molecule has 0 aromatic carbocycles. The van der Waals surface area contributed by atoms with Gasteiger partial charge in [-0.3, -0.25) is 0 Å². The highest BCUT2D eigenvalue weighted by Crippen LogP contribution is 2.10. The number of nitrogens with two attached hydrogens (primary N) is 1. The number of hydrogen-bond donors (Lipinski definition) is 1. The van der Waals surface area contributed by atoms with E-state index in [1.54, 1.807) is 0 Å². The molecule has 1 unspecified atom stereocenters. The lowest BCUT2D eigenvalue weighted by molar-refractivity contribution is -0.260. The van der Waals surface area contributed by atoms with Gasteiger partial charge in [-0.2, -0.15) is 11.8 Å². The van der Waals surface area contributed by atoms with Crippen LogP contribution in [-0.4, -0.2) is 35.8 Å². The molecule has 0 saturated heterocycles. The van der Waals surface area contributed by atoms with Crippen molar-refractivity contribution in [2.45, 2.75) is 18.9 Å². The van der Waals surface area contributed by atoms with Crippen LogP contribution in [-0.2, 0) is 24.2 Å². The molecule has 2 N–H and O–H groups in total. The van der Waals surface area contributed by atoms with Crippen molar-refractivity contribution in [3.05, 3.63) is 0 Å². The molecule has 0 saturated carbocycles. The highest BCUT2D eigenvalue weighted by atomic mass is 32.2. The molecule has 0 aliphatic heterocycles. The smallest absolute Gasteiger partial charge is 0.310 e. The van der Waals surface area contributed by atoms with E-state index in [0.29, 0.717) is 5.75 Å². The molecule has 0 amide bonds. The summed E-state index contributed by atoms with van der Waals surface area (Å²) in [6.07, 6.45) is 2.22. The third kappa shape index (κ3) is 4.80. The standard InChI is InChI=1S/C8H13NO5S/c1-6(11)13-14-7(12)8(9,5-10)3-4-15-2/h5H,3-4,9H2,1-2H3. The third-order valence-electron chi connectivity index (χ3n) is 1.54. The van der Waals surface area contributed by atoms with Crippen LogP contribution < -0.4 is 5.73 Å². The largest absolute Gasteiger partial charge is 0.382 e. The van der Waals surface area contributed by atoms with Crippen molar-refractivity contribution in [1.82, 2.24) is 0 Å². The van der Waals surface area contributed by atoms with Crippen molar-refractivity contribution in [3.8, 4) is 0 Å². The second kappa shape index (κ2) is 6.41. The fraction of sp³-hybridized carbons (Fsp3) is 0.625. The SMILES string of the molecule is CSCCC(N)(C=O)C(=O)OOC(C)=O. The minimum absolute atomic E-state index is 0.123. The van der Waals surface area contributed by atoms with Crippen LogP contribution in [0.15, 0.2) is 0 Å². The van der Waals surface area contributed by atoms with Crippen LogP contribution in [0, 0.1) is 0 Å². The quantitative estimate of drug-likeness (QED) is 0.301. The number of rotatable bonds is 5. The molecule has 1 atom stereocenters. The van der Waals surface area contributed by atoms with Gasteiger partial charge < -0.3 is 10.5 Å². The monoisotopic (exact) mass is 235 g/mol. The summed E-state index contributed by atoms with van der Waals surface area (Å²) in [5.74, 6) is -1.34. The molecular formula is C8H13NO5S. The molecule has 15 heavy (non-hydrogen) atoms. The number of aldehydes is 1. The fourth-order valence-electron chi connectivity index (χ4n) is 0.654. The van der Waals surface area contributed by atoms with Gasteiger partial charge in [-0.1, -0.05) is 0 Å². The molecule has 0 aromatic heterocycles. The first-order chi connectivity index (χ1) is 6.96.